The smallest absolute Gasteiger partial charge is 0.258 e. The second-order valence-electron chi connectivity index (χ2n) is 6.61. The van der Waals surface area contributed by atoms with Crippen molar-refractivity contribution in [2.24, 2.45) is 11.7 Å². The lowest BCUT2D eigenvalue weighted by Crippen LogP contribution is -2.42. The molecule has 0 aromatic heterocycles. The summed E-state index contributed by atoms with van der Waals surface area (Å²) < 4.78 is 11.5. The van der Waals surface area contributed by atoms with Crippen molar-refractivity contribution in [1.82, 2.24) is 5.32 Å². The Kier molecular flexibility index (Phi) is 6.50. The monoisotopic (exact) mass is 354 g/mol. The first kappa shape index (κ1) is 18.3. The highest BCUT2D eigenvalue weighted by molar-refractivity contribution is 5.78. The number of carbonyl (C=O) groups is 1. The molecule has 2 unspecified atom stereocenters. The van der Waals surface area contributed by atoms with E-state index < -0.39 is 0 Å². The lowest BCUT2D eigenvalue weighted by Gasteiger charge is -2.19. The van der Waals surface area contributed by atoms with Gasteiger partial charge in [0.15, 0.2) is 18.1 Å². The predicted octanol–water partition coefficient (Wildman–Crippen LogP) is 2.89. The molecule has 26 heavy (non-hydrogen) atoms. The Morgan fingerprint density at radius 1 is 1.00 bits per heavy atom. The fourth-order valence-corrected chi connectivity index (χ4v) is 3.32. The van der Waals surface area contributed by atoms with E-state index >= 15 is 0 Å². The minimum Gasteiger partial charge on any atom is -0.485 e. The van der Waals surface area contributed by atoms with Crippen molar-refractivity contribution in [2.75, 3.05) is 13.2 Å². The van der Waals surface area contributed by atoms with Crippen molar-refractivity contribution in [2.45, 2.75) is 31.9 Å². The number of rotatable bonds is 8. The van der Waals surface area contributed by atoms with Gasteiger partial charge in [0.05, 0.1) is 0 Å². The van der Waals surface area contributed by atoms with Crippen LogP contribution < -0.4 is 20.5 Å². The maximum Gasteiger partial charge on any atom is 0.258 e. The summed E-state index contributed by atoms with van der Waals surface area (Å²) in [6, 6.07) is 17.5. The number of benzene rings is 2. The zero-order valence-electron chi connectivity index (χ0n) is 14.9. The third kappa shape index (κ3) is 4.99. The molecule has 138 valence electrons. The van der Waals surface area contributed by atoms with E-state index in [1.807, 2.05) is 54.6 Å². The Labute approximate surface area is 154 Å². The molecule has 2 atom stereocenters. The van der Waals surface area contributed by atoms with Crippen molar-refractivity contribution in [1.29, 1.82) is 0 Å². The molecule has 3 N–H and O–H groups in total. The zero-order chi connectivity index (χ0) is 18.2. The highest BCUT2D eigenvalue weighted by Gasteiger charge is 2.27. The van der Waals surface area contributed by atoms with Crippen LogP contribution in [0.1, 0.15) is 24.8 Å². The molecule has 3 rings (SSSR count). The summed E-state index contributed by atoms with van der Waals surface area (Å²) in [5.41, 5.74) is 6.84. The van der Waals surface area contributed by atoms with Crippen molar-refractivity contribution in [3.05, 3.63) is 60.2 Å². The van der Waals surface area contributed by atoms with Gasteiger partial charge in [0.25, 0.3) is 5.91 Å². The molecule has 1 aliphatic rings. The molecular weight excluding hydrogens is 328 g/mol. The Bertz CT molecular complexity index is 705. The van der Waals surface area contributed by atoms with Crippen LogP contribution in [0.4, 0.5) is 0 Å². The Morgan fingerprint density at radius 3 is 2.42 bits per heavy atom. The molecular formula is C21H26N2O3. The molecule has 0 spiro atoms. The van der Waals surface area contributed by atoms with Gasteiger partial charge in [-0.2, -0.15) is 0 Å². The van der Waals surface area contributed by atoms with E-state index in [0.29, 0.717) is 30.6 Å². The van der Waals surface area contributed by atoms with Gasteiger partial charge < -0.3 is 20.5 Å². The fraction of sp³-hybridized carbons (Fsp3) is 0.381. The maximum atomic E-state index is 12.2. The number of nitrogens with one attached hydrogen (secondary N) is 1. The molecule has 2 aromatic rings. The van der Waals surface area contributed by atoms with E-state index in [9.17, 15) is 4.79 Å². The normalized spacial score (nSPS) is 19.1. The van der Waals surface area contributed by atoms with Crippen LogP contribution in [0.2, 0.25) is 0 Å². The summed E-state index contributed by atoms with van der Waals surface area (Å²) in [4.78, 5) is 12.2. The van der Waals surface area contributed by atoms with Crippen molar-refractivity contribution >= 4 is 5.91 Å². The number of carbonyl (C=O) groups excluding carboxylic acids is 1. The number of para-hydroxylation sites is 2. The fourth-order valence-electron chi connectivity index (χ4n) is 3.32. The van der Waals surface area contributed by atoms with Crippen LogP contribution in [0.25, 0.3) is 0 Å². The van der Waals surface area contributed by atoms with Gasteiger partial charge in [-0.1, -0.05) is 48.9 Å². The van der Waals surface area contributed by atoms with E-state index in [-0.39, 0.29) is 18.6 Å². The van der Waals surface area contributed by atoms with Crippen LogP contribution in [-0.4, -0.2) is 25.1 Å². The van der Waals surface area contributed by atoms with E-state index in [2.05, 4.69) is 5.32 Å². The largest absolute Gasteiger partial charge is 0.485 e. The number of amides is 1. The van der Waals surface area contributed by atoms with E-state index in [0.717, 1.165) is 24.8 Å². The van der Waals surface area contributed by atoms with Gasteiger partial charge in [-0.05, 0) is 43.0 Å². The first-order valence-corrected chi connectivity index (χ1v) is 9.14. The number of nitrogens with two attached hydrogens (primary N) is 1. The SMILES string of the molecule is NCC1CCCC1NC(=O)COc1ccccc1OCc1ccccc1. The minimum absolute atomic E-state index is 0.0283. The van der Waals surface area contributed by atoms with Gasteiger partial charge >= 0.3 is 0 Å². The maximum absolute atomic E-state index is 12.2. The molecule has 1 amide bonds. The minimum atomic E-state index is -0.117. The molecule has 0 bridgehead atoms. The number of hydrogen-bond acceptors (Lipinski definition) is 4. The number of hydrogen-bond donors (Lipinski definition) is 2. The highest BCUT2D eigenvalue weighted by atomic mass is 16.5. The summed E-state index contributed by atoms with van der Waals surface area (Å²) in [5.74, 6) is 1.46. The molecule has 0 aliphatic heterocycles. The third-order valence-electron chi connectivity index (χ3n) is 4.75. The first-order valence-electron chi connectivity index (χ1n) is 9.14. The van der Waals surface area contributed by atoms with E-state index in [1.165, 1.54) is 0 Å². The molecule has 2 aromatic carbocycles. The van der Waals surface area contributed by atoms with Gasteiger partial charge in [0.2, 0.25) is 0 Å². The third-order valence-corrected chi connectivity index (χ3v) is 4.75. The first-order chi connectivity index (χ1) is 12.8. The van der Waals surface area contributed by atoms with Crippen LogP contribution in [0.3, 0.4) is 0 Å². The second kappa shape index (κ2) is 9.25. The van der Waals surface area contributed by atoms with Crippen LogP contribution in [0.5, 0.6) is 11.5 Å². The lowest BCUT2D eigenvalue weighted by atomic mass is 10.0. The van der Waals surface area contributed by atoms with Crippen LogP contribution in [0, 0.1) is 5.92 Å². The lowest BCUT2D eigenvalue weighted by molar-refractivity contribution is -0.124. The quantitative estimate of drug-likeness (QED) is 0.764. The summed E-state index contributed by atoms with van der Waals surface area (Å²) in [7, 11) is 0. The van der Waals surface area contributed by atoms with E-state index in [1.54, 1.807) is 0 Å². The Morgan fingerprint density at radius 2 is 1.69 bits per heavy atom. The molecule has 1 fully saturated rings. The average molecular weight is 354 g/mol. The van der Waals surface area contributed by atoms with Crippen LogP contribution >= 0.6 is 0 Å². The number of ether oxygens (including phenoxy) is 2. The standard InChI is InChI=1S/C21H26N2O3/c22-13-17-9-6-10-18(17)23-21(24)15-26-20-12-5-4-11-19(20)25-14-16-7-2-1-3-8-16/h1-5,7-8,11-12,17-18H,6,9-10,13-15,22H2,(H,23,24). The molecule has 0 saturated heterocycles. The zero-order valence-corrected chi connectivity index (χ0v) is 14.9. The van der Waals surface area contributed by atoms with Gasteiger partial charge in [0, 0.05) is 6.04 Å². The summed E-state index contributed by atoms with van der Waals surface area (Å²) in [6.45, 7) is 1.04. The van der Waals surface area contributed by atoms with Crippen LogP contribution in [0.15, 0.2) is 54.6 Å². The molecule has 1 saturated carbocycles. The van der Waals surface area contributed by atoms with Crippen molar-refractivity contribution < 1.29 is 14.3 Å². The van der Waals surface area contributed by atoms with Crippen LogP contribution in [-0.2, 0) is 11.4 Å². The Hall–Kier alpha value is -2.53. The predicted molar refractivity (Wildman–Crippen MR) is 101 cm³/mol. The topological polar surface area (TPSA) is 73.6 Å². The summed E-state index contributed by atoms with van der Waals surface area (Å²) >= 11 is 0. The summed E-state index contributed by atoms with van der Waals surface area (Å²) in [5, 5.41) is 3.04. The average Bonchev–Trinajstić information content (AvgIpc) is 3.13. The molecule has 0 heterocycles. The molecule has 5 nitrogen and oxygen atoms in total. The van der Waals surface area contributed by atoms with Gasteiger partial charge in [-0.15, -0.1) is 0 Å². The Balaban J connectivity index is 1.52. The second-order valence-corrected chi connectivity index (χ2v) is 6.61. The van der Waals surface area contributed by atoms with E-state index in [4.69, 9.17) is 15.2 Å². The van der Waals surface area contributed by atoms with Gasteiger partial charge in [0.1, 0.15) is 6.61 Å². The van der Waals surface area contributed by atoms with Gasteiger partial charge in [-0.3, -0.25) is 4.79 Å². The molecule has 5 heteroatoms. The van der Waals surface area contributed by atoms with Crippen molar-refractivity contribution in [3.8, 4) is 11.5 Å². The van der Waals surface area contributed by atoms with Crippen molar-refractivity contribution in [3.63, 3.8) is 0 Å². The molecule has 0 radical (unpaired) electrons. The summed E-state index contributed by atoms with van der Waals surface area (Å²) in [6.07, 6.45) is 3.19. The highest BCUT2D eigenvalue weighted by Crippen LogP contribution is 2.27. The van der Waals surface area contributed by atoms with Gasteiger partial charge in [-0.25, -0.2) is 0 Å². The molecule has 1 aliphatic carbocycles.